The summed E-state index contributed by atoms with van der Waals surface area (Å²) in [5.74, 6) is 0.387. The molecule has 2 amide bonds. The van der Waals surface area contributed by atoms with Crippen molar-refractivity contribution in [2.24, 2.45) is 0 Å². The normalized spacial score (nSPS) is 23.7. The van der Waals surface area contributed by atoms with Crippen LogP contribution in [0.1, 0.15) is 25.0 Å². The second-order valence-corrected chi connectivity index (χ2v) is 5.96. The highest BCUT2D eigenvalue weighted by atomic mass is 16.2. The molecule has 1 aromatic rings. The van der Waals surface area contributed by atoms with Crippen LogP contribution in [0.5, 0.6) is 0 Å². The Balaban J connectivity index is 1.54. The van der Waals surface area contributed by atoms with Crippen molar-refractivity contribution in [2.45, 2.75) is 38.8 Å². The van der Waals surface area contributed by atoms with Crippen LogP contribution in [0.4, 0.5) is 0 Å². The van der Waals surface area contributed by atoms with Gasteiger partial charge in [-0.25, -0.2) is 0 Å². The molecule has 4 heteroatoms. The SMILES string of the molecule is CC1CN1C(=O)Cc1ccc(CC(=O)N2CC2C)cc1. The van der Waals surface area contributed by atoms with E-state index in [1.54, 1.807) is 0 Å². The van der Waals surface area contributed by atoms with E-state index in [-0.39, 0.29) is 11.8 Å². The number of nitrogens with zero attached hydrogens (tertiary/aromatic N) is 2. The lowest BCUT2D eigenvalue weighted by Gasteiger charge is -2.06. The van der Waals surface area contributed by atoms with Gasteiger partial charge in [0, 0.05) is 25.2 Å². The molecule has 4 nitrogen and oxygen atoms in total. The molecule has 0 bridgehead atoms. The molecule has 2 heterocycles. The van der Waals surface area contributed by atoms with Crippen molar-refractivity contribution in [3.8, 4) is 0 Å². The van der Waals surface area contributed by atoms with Crippen molar-refractivity contribution < 1.29 is 9.59 Å². The quantitative estimate of drug-likeness (QED) is 0.774. The van der Waals surface area contributed by atoms with Crippen LogP contribution in [-0.2, 0) is 22.4 Å². The monoisotopic (exact) mass is 272 g/mol. The minimum Gasteiger partial charge on any atom is -0.336 e. The predicted molar refractivity (Wildman–Crippen MR) is 76.2 cm³/mol. The van der Waals surface area contributed by atoms with E-state index in [2.05, 4.69) is 13.8 Å². The molecular formula is C16H20N2O2. The van der Waals surface area contributed by atoms with Gasteiger partial charge in [0.15, 0.2) is 0 Å². The Labute approximate surface area is 119 Å². The van der Waals surface area contributed by atoms with Crippen LogP contribution in [0.2, 0.25) is 0 Å². The van der Waals surface area contributed by atoms with Gasteiger partial charge in [-0.3, -0.25) is 9.59 Å². The molecule has 2 atom stereocenters. The lowest BCUT2D eigenvalue weighted by Crippen LogP contribution is -2.16. The second kappa shape index (κ2) is 4.93. The summed E-state index contributed by atoms with van der Waals surface area (Å²) in [4.78, 5) is 27.4. The van der Waals surface area contributed by atoms with E-state index in [1.165, 1.54) is 0 Å². The largest absolute Gasteiger partial charge is 0.336 e. The van der Waals surface area contributed by atoms with Crippen LogP contribution in [0.15, 0.2) is 24.3 Å². The standard InChI is InChI=1S/C16H20N2O2/c1-11-9-17(11)15(19)7-13-3-5-14(6-4-13)8-16(20)18-10-12(18)2/h3-6,11-12H,7-10H2,1-2H3. The first kappa shape index (κ1) is 13.2. The fourth-order valence-electron chi connectivity index (χ4n) is 2.50. The third kappa shape index (κ3) is 2.84. The van der Waals surface area contributed by atoms with E-state index in [4.69, 9.17) is 0 Å². The summed E-state index contributed by atoms with van der Waals surface area (Å²) in [6.45, 7) is 5.89. The predicted octanol–water partition coefficient (Wildman–Crippen LogP) is 1.23. The lowest BCUT2D eigenvalue weighted by molar-refractivity contribution is -0.126. The third-order valence-electron chi connectivity index (χ3n) is 4.09. The molecule has 2 saturated heterocycles. The van der Waals surface area contributed by atoms with Gasteiger partial charge in [-0.15, -0.1) is 0 Å². The Morgan fingerprint density at radius 3 is 1.45 bits per heavy atom. The van der Waals surface area contributed by atoms with Gasteiger partial charge in [0.05, 0.1) is 12.8 Å². The van der Waals surface area contributed by atoms with Crippen molar-refractivity contribution >= 4 is 11.8 Å². The molecule has 20 heavy (non-hydrogen) atoms. The smallest absolute Gasteiger partial charge is 0.227 e. The number of carbonyl (C=O) groups is 2. The minimum atomic E-state index is 0.194. The second-order valence-electron chi connectivity index (χ2n) is 5.96. The van der Waals surface area contributed by atoms with Gasteiger partial charge >= 0.3 is 0 Å². The molecule has 3 rings (SSSR count). The molecule has 2 aliphatic rings. The van der Waals surface area contributed by atoms with E-state index in [1.807, 2.05) is 34.1 Å². The fraction of sp³-hybridized carbons (Fsp3) is 0.500. The first-order chi connectivity index (χ1) is 9.54. The molecule has 0 N–H and O–H groups in total. The van der Waals surface area contributed by atoms with Crippen molar-refractivity contribution in [2.75, 3.05) is 13.1 Å². The third-order valence-corrected chi connectivity index (χ3v) is 4.09. The van der Waals surface area contributed by atoms with E-state index < -0.39 is 0 Å². The molecule has 0 aliphatic carbocycles. The zero-order chi connectivity index (χ0) is 14.3. The number of benzene rings is 1. The summed E-state index contributed by atoms with van der Waals surface area (Å²) < 4.78 is 0. The molecule has 2 aliphatic heterocycles. The van der Waals surface area contributed by atoms with Crippen molar-refractivity contribution in [3.05, 3.63) is 35.4 Å². The first-order valence-electron chi connectivity index (χ1n) is 7.21. The molecule has 106 valence electrons. The minimum absolute atomic E-state index is 0.194. The Bertz CT molecular complexity index is 489. The number of rotatable bonds is 4. The lowest BCUT2D eigenvalue weighted by atomic mass is 10.1. The Morgan fingerprint density at radius 2 is 1.20 bits per heavy atom. The molecular weight excluding hydrogens is 252 g/mol. The zero-order valence-corrected chi connectivity index (χ0v) is 12.0. The molecule has 1 aromatic carbocycles. The van der Waals surface area contributed by atoms with Gasteiger partial charge in [-0.2, -0.15) is 0 Å². The average Bonchev–Trinajstić information content (AvgIpc) is 3.30. The Hall–Kier alpha value is -1.84. The van der Waals surface area contributed by atoms with E-state index in [0.717, 1.165) is 24.2 Å². The summed E-state index contributed by atoms with van der Waals surface area (Å²) in [5.41, 5.74) is 2.04. The average molecular weight is 272 g/mol. The zero-order valence-electron chi connectivity index (χ0n) is 12.0. The maximum absolute atomic E-state index is 11.8. The highest BCUT2D eigenvalue weighted by Gasteiger charge is 2.34. The van der Waals surface area contributed by atoms with Gasteiger partial charge in [0.2, 0.25) is 11.8 Å². The van der Waals surface area contributed by atoms with E-state index in [9.17, 15) is 9.59 Å². The summed E-state index contributed by atoms with van der Waals surface area (Å²) in [6.07, 6.45) is 0.920. The summed E-state index contributed by atoms with van der Waals surface area (Å²) >= 11 is 0. The van der Waals surface area contributed by atoms with Crippen molar-refractivity contribution in [1.29, 1.82) is 0 Å². The molecule has 0 aromatic heterocycles. The van der Waals surface area contributed by atoms with Crippen LogP contribution in [0, 0.1) is 0 Å². The van der Waals surface area contributed by atoms with Crippen LogP contribution < -0.4 is 0 Å². The van der Waals surface area contributed by atoms with Crippen molar-refractivity contribution in [3.63, 3.8) is 0 Å². The van der Waals surface area contributed by atoms with E-state index in [0.29, 0.717) is 24.9 Å². The number of amides is 2. The first-order valence-corrected chi connectivity index (χ1v) is 7.21. The van der Waals surface area contributed by atoms with Gasteiger partial charge in [-0.05, 0) is 25.0 Å². The summed E-state index contributed by atoms with van der Waals surface area (Å²) in [5, 5.41) is 0. The number of hydrogen-bond donors (Lipinski definition) is 0. The van der Waals surface area contributed by atoms with Gasteiger partial charge in [0.25, 0.3) is 0 Å². The maximum atomic E-state index is 11.8. The van der Waals surface area contributed by atoms with Gasteiger partial charge < -0.3 is 9.80 Å². The van der Waals surface area contributed by atoms with Crippen molar-refractivity contribution in [1.82, 2.24) is 9.80 Å². The number of carbonyl (C=O) groups excluding carboxylic acids is 2. The highest BCUT2D eigenvalue weighted by molar-refractivity contribution is 5.82. The Morgan fingerprint density at radius 1 is 0.900 bits per heavy atom. The van der Waals surface area contributed by atoms with E-state index >= 15 is 0 Å². The Kier molecular flexibility index (Phi) is 3.24. The molecule has 2 fully saturated rings. The molecule has 0 spiro atoms. The highest BCUT2D eigenvalue weighted by Crippen LogP contribution is 2.20. The number of hydrogen-bond acceptors (Lipinski definition) is 2. The van der Waals surface area contributed by atoms with Crippen LogP contribution in [0.3, 0.4) is 0 Å². The van der Waals surface area contributed by atoms with Crippen LogP contribution in [-0.4, -0.2) is 46.8 Å². The van der Waals surface area contributed by atoms with Gasteiger partial charge in [0.1, 0.15) is 0 Å². The maximum Gasteiger partial charge on any atom is 0.227 e. The summed E-state index contributed by atoms with van der Waals surface area (Å²) in [7, 11) is 0. The topological polar surface area (TPSA) is 40.2 Å². The molecule has 0 saturated carbocycles. The fourth-order valence-corrected chi connectivity index (χ4v) is 2.50. The molecule has 2 unspecified atom stereocenters. The van der Waals surface area contributed by atoms with Gasteiger partial charge in [-0.1, -0.05) is 24.3 Å². The van der Waals surface area contributed by atoms with Crippen LogP contribution >= 0.6 is 0 Å². The molecule has 0 radical (unpaired) electrons. The summed E-state index contributed by atoms with van der Waals surface area (Å²) in [6, 6.07) is 8.66. The van der Waals surface area contributed by atoms with Crippen LogP contribution in [0.25, 0.3) is 0 Å².